The van der Waals surface area contributed by atoms with Gasteiger partial charge in [-0.15, -0.1) is 0 Å². The monoisotopic (exact) mass is 262 g/mol. The van der Waals surface area contributed by atoms with Crippen molar-refractivity contribution in [1.82, 2.24) is 0 Å². The van der Waals surface area contributed by atoms with Gasteiger partial charge < -0.3 is 4.74 Å². The second-order valence-corrected chi connectivity index (χ2v) is 6.56. The average molecular weight is 262 g/mol. The molecule has 3 unspecified atom stereocenters. The molecule has 1 saturated carbocycles. The molecular weight excluding hydrogens is 236 g/mol. The lowest BCUT2D eigenvalue weighted by molar-refractivity contribution is -0.142. The molecule has 0 N–H and O–H groups in total. The van der Waals surface area contributed by atoms with Crippen LogP contribution in [0.3, 0.4) is 0 Å². The Morgan fingerprint density at radius 3 is 2.79 bits per heavy atom. The third-order valence-electron chi connectivity index (χ3n) is 4.86. The maximum absolute atomic E-state index is 11.0. The van der Waals surface area contributed by atoms with E-state index in [2.05, 4.69) is 32.9 Å². The van der Waals surface area contributed by atoms with Gasteiger partial charge in [-0.25, -0.2) is 0 Å². The van der Waals surface area contributed by atoms with Crippen molar-refractivity contribution in [2.24, 2.45) is 17.3 Å². The summed E-state index contributed by atoms with van der Waals surface area (Å²) in [6.45, 7) is 8.81. The van der Waals surface area contributed by atoms with Crippen molar-refractivity contribution in [3.05, 3.63) is 23.3 Å². The van der Waals surface area contributed by atoms with Crippen LogP contribution in [0, 0.1) is 17.3 Å². The summed E-state index contributed by atoms with van der Waals surface area (Å²) in [5, 5.41) is 0. The third-order valence-corrected chi connectivity index (χ3v) is 4.86. The molecule has 1 fully saturated rings. The number of ether oxygens (including phenoxy) is 1. The first-order valence-corrected chi connectivity index (χ1v) is 7.40. The van der Waals surface area contributed by atoms with Crippen LogP contribution in [0.4, 0.5) is 0 Å². The molecular formula is C17H26O2. The molecule has 19 heavy (non-hydrogen) atoms. The van der Waals surface area contributed by atoms with Gasteiger partial charge in [0.2, 0.25) is 0 Å². The van der Waals surface area contributed by atoms with Gasteiger partial charge in [-0.05, 0) is 51.4 Å². The van der Waals surface area contributed by atoms with Crippen molar-refractivity contribution in [2.75, 3.05) is 6.61 Å². The van der Waals surface area contributed by atoms with Crippen molar-refractivity contribution in [3.8, 4) is 0 Å². The summed E-state index contributed by atoms with van der Waals surface area (Å²) in [5.41, 5.74) is 3.15. The SMILES string of the molecule is CC(=O)OCC1(C)C2/C=C(\C)CC/C=C(\C)CCC21. The van der Waals surface area contributed by atoms with Crippen LogP contribution >= 0.6 is 0 Å². The molecule has 0 saturated heterocycles. The van der Waals surface area contributed by atoms with Gasteiger partial charge in [-0.1, -0.05) is 30.2 Å². The van der Waals surface area contributed by atoms with Crippen LogP contribution in [0.25, 0.3) is 0 Å². The predicted molar refractivity (Wildman–Crippen MR) is 77.7 cm³/mol. The highest BCUT2D eigenvalue weighted by atomic mass is 16.5. The first-order chi connectivity index (χ1) is 8.93. The van der Waals surface area contributed by atoms with Crippen molar-refractivity contribution in [3.63, 3.8) is 0 Å². The Bertz CT molecular complexity index is 419. The van der Waals surface area contributed by atoms with Gasteiger partial charge in [0.25, 0.3) is 0 Å². The number of hydrogen-bond acceptors (Lipinski definition) is 2. The van der Waals surface area contributed by atoms with Crippen LogP contribution in [0.1, 0.15) is 53.4 Å². The molecule has 0 bridgehead atoms. The van der Waals surface area contributed by atoms with Crippen LogP contribution in [0.2, 0.25) is 0 Å². The highest BCUT2D eigenvalue weighted by Crippen LogP contribution is 2.62. The first kappa shape index (κ1) is 14.4. The molecule has 0 aliphatic heterocycles. The second-order valence-electron chi connectivity index (χ2n) is 6.56. The summed E-state index contributed by atoms with van der Waals surface area (Å²) in [6, 6.07) is 0. The van der Waals surface area contributed by atoms with Crippen molar-refractivity contribution < 1.29 is 9.53 Å². The zero-order chi connectivity index (χ0) is 14.0. The molecule has 2 nitrogen and oxygen atoms in total. The molecule has 0 spiro atoms. The number of hydrogen-bond donors (Lipinski definition) is 0. The van der Waals surface area contributed by atoms with Crippen LogP contribution in [0.15, 0.2) is 23.3 Å². The Hall–Kier alpha value is -1.05. The topological polar surface area (TPSA) is 26.3 Å². The van der Waals surface area contributed by atoms with Crippen LogP contribution in [0.5, 0.6) is 0 Å². The number of rotatable bonds is 2. The molecule has 0 aromatic heterocycles. The lowest BCUT2D eigenvalue weighted by Gasteiger charge is -2.11. The standard InChI is InChI=1S/C17H26O2/c1-12-6-5-7-13(2)10-16-15(9-8-12)17(16,4)11-19-14(3)18/h6,10,15-16H,5,7-9,11H2,1-4H3/b12-6+,13-10+. The molecule has 106 valence electrons. The minimum absolute atomic E-state index is 0.160. The maximum atomic E-state index is 11.0. The van der Waals surface area contributed by atoms with Gasteiger partial charge >= 0.3 is 5.97 Å². The van der Waals surface area contributed by atoms with Crippen LogP contribution in [-0.2, 0) is 9.53 Å². The lowest BCUT2D eigenvalue weighted by atomic mass is 10.0. The van der Waals surface area contributed by atoms with Crippen LogP contribution < -0.4 is 0 Å². The van der Waals surface area contributed by atoms with E-state index in [4.69, 9.17) is 4.74 Å². The number of esters is 1. The van der Waals surface area contributed by atoms with Gasteiger partial charge in [-0.2, -0.15) is 0 Å². The third kappa shape index (κ3) is 3.29. The van der Waals surface area contributed by atoms with E-state index < -0.39 is 0 Å². The minimum atomic E-state index is -0.160. The van der Waals surface area contributed by atoms with Crippen LogP contribution in [-0.4, -0.2) is 12.6 Å². The molecule has 2 aliphatic carbocycles. The Morgan fingerprint density at radius 1 is 1.37 bits per heavy atom. The van der Waals surface area contributed by atoms with E-state index in [9.17, 15) is 4.79 Å². The lowest BCUT2D eigenvalue weighted by Crippen LogP contribution is -2.13. The number of carbonyl (C=O) groups excluding carboxylic acids is 1. The quantitative estimate of drug-likeness (QED) is 0.549. The normalized spacial score (nSPS) is 40.2. The molecule has 2 rings (SSSR count). The van der Waals surface area contributed by atoms with Crippen molar-refractivity contribution >= 4 is 5.97 Å². The molecule has 2 heteroatoms. The summed E-state index contributed by atoms with van der Waals surface area (Å²) in [7, 11) is 0. The average Bonchev–Trinajstić information content (AvgIpc) is 2.89. The van der Waals surface area contributed by atoms with E-state index in [1.165, 1.54) is 30.9 Å². The smallest absolute Gasteiger partial charge is 0.302 e. The highest BCUT2D eigenvalue weighted by Gasteiger charge is 2.59. The summed E-state index contributed by atoms with van der Waals surface area (Å²) in [5.74, 6) is 1.10. The number of allylic oxidation sites excluding steroid dienone is 4. The fourth-order valence-corrected chi connectivity index (χ4v) is 3.40. The summed E-state index contributed by atoms with van der Waals surface area (Å²) < 4.78 is 5.28. The Morgan fingerprint density at radius 2 is 2.11 bits per heavy atom. The van der Waals surface area contributed by atoms with E-state index >= 15 is 0 Å². The minimum Gasteiger partial charge on any atom is -0.465 e. The van der Waals surface area contributed by atoms with Gasteiger partial charge in [0.15, 0.2) is 0 Å². The molecule has 2 aliphatic rings. The van der Waals surface area contributed by atoms with E-state index in [0.717, 1.165) is 12.8 Å². The Kier molecular flexibility index (Phi) is 4.17. The van der Waals surface area contributed by atoms with Gasteiger partial charge in [-0.3, -0.25) is 4.79 Å². The van der Waals surface area contributed by atoms with E-state index in [1.54, 1.807) is 0 Å². The summed E-state index contributed by atoms with van der Waals surface area (Å²) in [6.07, 6.45) is 9.53. The zero-order valence-corrected chi connectivity index (χ0v) is 12.7. The van der Waals surface area contributed by atoms with E-state index in [0.29, 0.717) is 18.4 Å². The van der Waals surface area contributed by atoms with Crippen molar-refractivity contribution in [1.29, 1.82) is 0 Å². The van der Waals surface area contributed by atoms with E-state index in [-0.39, 0.29) is 11.4 Å². The number of carbonyl (C=O) groups is 1. The van der Waals surface area contributed by atoms with Gasteiger partial charge in [0.1, 0.15) is 0 Å². The first-order valence-electron chi connectivity index (χ1n) is 7.40. The summed E-state index contributed by atoms with van der Waals surface area (Å²) >= 11 is 0. The second kappa shape index (κ2) is 5.52. The molecule has 0 heterocycles. The van der Waals surface area contributed by atoms with Gasteiger partial charge in [0, 0.05) is 12.3 Å². The van der Waals surface area contributed by atoms with Gasteiger partial charge in [0.05, 0.1) is 6.61 Å². The van der Waals surface area contributed by atoms with E-state index in [1.807, 2.05) is 0 Å². The Balaban J connectivity index is 2.09. The van der Waals surface area contributed by atoms with Crippen molar-refractivity contribution in [2.45, 2.75) is 53.4 Å². The number of fused-ring (bicyclic) bond motifs is 1. The largest absolute Gasteiger partial charge is 0.465 e. The maximum Gasteiger partial charge on any atom is 0.302 e. The fourth-order valence-electron chi connectivity index (χ4n) is 3.40. The molecule has 0 radical (unpaired) electrons. The zero-order valence-electron chi connectivity index (χ0n) is 12.7. The summed E-state index contributed by atoms with van der Waals surface area (Å²) in [4.78, 5) is 11.0. The molecule has 0 aromatic rings. The Labute approximate surface area is 116 Å². The highest BCUT2D eigenvalue weighted by molar-refractivity contribution is 5.66. The molecule has 0 aromatic carbocycles. The fraction of sp³-hybridized carbons (Fsp3) is 0.706. The molecule has 0 amide bonds. The molecule has 3 atom stereocenters. The predicted octanol–water partition coefficient (Wildman–Crippen LogP) is 4.27.